The molecule has 1 unspecified atom stereocenters. The van der Waals surface area contributed by atoms with Crippen LogP contribution in [0, 0.1) is 0 Å². The predicted molar refractivity (Wildman–Crippen MR) is 81.2 cm³/mol. The summed E-state index contributed by atoms with van der Waals surface area (Å²) in [7, 11) is 0. The highest BCUT2D eigenvalue weighted by atomic mass is 79.9. The van der Waals surface area contributed by atoms with Crippen LogP contribution in [-0.4, -0.2) is 16.9 Å². The number of nitrogens with one attached hydrogen (secondary N) is 2. The molecule has 0 saturated heterocycles. The van der Waals surface area contributed by atoms with Gasteiger partial charge in [0.15, 0.2) is 6.10 Å². The molecule has 5 nitrogen and oxygen atoms in total. The Morgan fingerprint density at radius 1 is 1.00 bits per heavy atom. The van der Waals surface area contributed by atoms with Crippen molar-refractivity contribution in [3.05, 3.63) is 70.2 Å². The van der Waals surface area contributed by atoms with Gasteiger partial charge in [0.25, 0.3) is 11.8 Å². The standard InChI is InChI=1S/C15H13BrN2O3/c16-12-8-4-7-11(9-12)14(20)17-18-15(21)13(19)10-5-2-1-3-6-10/h1-9,13,19H,(H,17,20)(H,18,21). The van der Waals surface area contributed by atoms with E-state index in [0.29, 0.717) is 11.1 Å². The van der Waals surface area contributed by atoms with E-state index in [0.717, 1.165) is 4.47 Å². The average molecular weight is 349 g/mol. The molecule has 21 heavy (non-hydrogen) atoms. The maximum Gasteiger partial charge on any atom is 0.271 e. The van der Waals surface area contributed by atoms with Crippen LogP contribution in [0.3, 0.4) is 0 Å². The fraction of sp³-hybridized carbons (Fsp3) is 0.0667. The molecule has 0 spiro atoms. The molecule has 2 rings (SSSR count). The minimum atomic E-state index is -1.34. The molecule has 2 aromatic rings. The highest BCUT2D eigenvalue weighted by Gasteiger charge is 2.17. The van der Waals surface area contributed by atoms with Crippen molar-refractivity contribution < 1.29 is 14.7 Å². The summed E-state index contributed by atoms with van der Waals surface area (Å²) >= 11 is 3.26. The summed E-state index contributed by atoms with van der Waals surface area (Å²) in [5.41, 5.74) is 5.29. The molecule has 0 aliphatic heterocycles. The molecular formula is C15H13BrN2O3. The normalized spacial score (nSPS) is 11.5. The van der Waals surface area contributed by atoms with Gasteiger partial charge < -0.3 is 5.11 Å². The van der Waals surface area contributed by atoms with Crippen molar-refractivity contribution in [3.8, 4) is 0 Å². The third kappa shape index (κ3) is 4.14. The van der Waals surface area contributed by atoms with Crippen molar-refractivity contribution >= 4 is 27.7 Å². The Labute approximate surface area is 130 Å². The monoisotopic (exact) mass is 348 g/mol. The summed E-state index contributed by atoms with van der Waals surface area (Å²) in [6, 6.07) is 15.2. The van der Waals surface area contributed by atoms with Crippen LogP contribution in [0.15, 0.2) is 59.1 Å². The van der Waals surface area contributed by atoms with E-state index >= 15 is 0 Å². The van der Waals surface area contributed by atoms with Gasteiger partial charge in [-0.2, -0.15) is 0 Å². The van der Waals surface area contributed by atoms with E-state index in [2.05, 4.69) is 26.8 Å². The lowest BCUT2D eigenvalue weighted by atomic mass is 10.1. The molecule has 3 N–H and O–H groups in total. The van der Waals surface area contributed by atoms with Crippen LogP contribution >= 0.6 is 15.9 Å². The van der Waals surface area contributed by atoms with E-state index in [1.807, 2.05) is 0 Å². The van der Waals surface area contributed by atoms with Gasteiger partial charge in [-0.1, -0.05) is 52.3 Å². The molecular weight excluding hydrogens is 336 g/mol. The molecule has 0 bridgehead atoms. The number of aliphatic hydroxyl groups excluding tert-OH is 1. The second-order valence-corrected chi connectivity index (χ2v) is 5.18. The number of carbonyl (C=O) groups is 2. The van der Waals surface area contributed by atoms with Crippen molar-refractivity contribution in [2.45, 2.75) is 6.10 Å². The molecule has 0 aliphatic carbocycles. The van der Waals surface area contributed by atoms with Gasteiger partial charge in [0.2, 0.25) is 0 Å². The zero-order chi connectivity index (χ0) is 15.2. The maximum atomic E-state index is 11.8. The average Bonchev–Trinajstić information content (AvgIpc) is 2.52. The minimum Gasteiger partial charge on any atom is -0.378 e. The molecule has 0 fully saturated rings. The molecule has 0 saturated carbocycles. The number of halogens is 1. The first-order chi connectivity index (χ1) is 10.1. The Morgan fingerprint density at radius 2 is 1.71 bits per heavy atom. The molecule has 0 radical (unpaired) electrons. The number of aliphatic hydroxyl groups is 1. The van der Waals surface area contributed by atoms with E-state index in [-0.39, 0.29) is 0 Å². The lowest BCUT2D eigenvalue weighted by molar-refractivity contribution is -0.130. The lowest BCUT2D eigenvalue weighted by Gasteiger charge is -2.12. The molecule has 0 aliphatic rings. The van der Waals surface area contributed by atoms with Gasteiger partial charge in [-0.25, -0.2) is 0 Å². The topological polar surface area (TPSA) is 78.4 Å². The van der Waals surface area contributed by atoms with Gasteiger partial charge in [-0.3, -0.25) is 20.4 Å². The largest absolute Gasteiger partial charge is 0.378 e. The zero-order valence-electron chi connectivity index (χ0n) is 10.9. The number of amides is 2. The van der Waals surface area contributed by atoms with Crippen molar-refractivity contribution in [2.24, 2.45) is 0 Å². The Balaban J connectivity index is 1.93. The number of hydrazine groups is 1. The van der Waals surface area contributed by atoms with Crippen LogP contribution in [0.2, 0.25) is 0 Å². The molecule has 6 heteroatoms. The van der Waals surface area contributed by atoms with Crippen molar-refractivity contribution in [3.63, 3.8) is 0 Å². The third-order valence-electron chi connectivity index (χ3n) is 2.75. The van der Waals surface area contributed by atoms with Gasteiger partial charge in [-0.15, -0.1) is 0 Å². The van der Waals surface area contributed by atoms with E-state index in [4.69, 9.17) is 0 Å². The molecule has 108 valence electrons. The second kappa shape index (κ2) is 7.01. The number of hydrogen-bond donors (Lipinski definition) is 3. The molecule has 0 aromatic heterocycles. The smallest absolute Gasteiger partial charge is 0.271 e. The maximum absolute atomic E-state index is 11.8. The minimum absolute atomic E-state index is 0.388. The number of hydrogen-bond acceptors (Lipinski definition) is 3. The second-order valence-electron chi connectivity index (χ2n) is 4.27. The summed E-state index contributed by atoms with van der Waals surface area (Å²) in [4.78, 5) is 23.6. The van der Waals surface area contributed by atoms with Crippen LogP contribution in [0.5, 0.6) is 0 Å². The third-order valence-corrected chi connectivity index (χ3v) is 3.24. The fourth-order valence-electron chi connectivity index (χ4n) is 1.68. The fourth-order valence-corrected chi connectivity index (χ4v) is 2.07. The van der Waals surface area contributed by atoms with E-state index in [1.165, 1.54) is 0 Å². The predicted octanol–water partition coefficient (Wildman–Crippen LogP) is 1.94. The number of benzene rings is 2. The summed E-state index contributed by atoms with van der Waals surface area (Å²) in [6.07, 6.45) is -1.34. The molecule has 2 aromatic carbocycles. The van der Waals surface area contributed by atoms with Gasteiger partial charge in [0, 0.05) is 10.0 Å². The highest BCUT2D eigenvalue weighted by molar-refractivity contribution is 9.10. The van der Waals surface area contributed by atoms with Gasteiger partial charge in [0.1, 0.15) is 0 Å². The summed E-state index contributed by atoms with van der Waals surface area (Å²) in [5, 5.41) is 9.85. The van der Waals surface area contributed by atoms with Gasteiger partial charge in [0.05, 0.1) is 0 Å². The van der Waals surface area contributed by atoms with Crippen LogP contribution in [0.1, 0.15) is 22.0 Å². The Hall–Kier alpha value is -2.18. The van der Waals surface area contributed by atoms with Crippen molar-refractivity contribution in [1.82, 2.24) is 10.9 Å². The number of rotatable bonds is 3. The van der Waals surface area contributed by atoms with Crippen LogP contribution < -0.4 is 10.9 Å². The van der Waals surface area contributed by atoms with Gasteiger partial charge >= 0.3 is 0 Å². The summed E-state index contributed by atoms with van der Waals surface area (Å²) < 4.78 is 0.755. The zero-order valence-corrected chi connectivity index (χ0v) is 12.5. The summed E-state index contributed by atoms with van der Waals surface area (Å²) in [6.45, 7) is 0. The SMILES string of the molecule is O=C(NNC(=O)C(O)c1ccccc1)c1cccc(Br)c1. The molecule has 1 atom stereocenters. The Kier molecular flexibility index (Phi) is 5.08. The van der Waals surface area contributed by atoms with E-state index < -0.39 is 17.9 Å². The van der Waals surface area contributed by atoms with E-state index in [1.54, 1.807) is 54.6 Å². The van der Waals surface area contributed by atoms with Crippen LogP contribution in [-0.2, 0) is 4.79 Å². The lowest BCUT2D eigenvalue weighted by Crippen LogP contribution is -2.43. The van der Waals surface area contributed by atoms with Crippen LogP contribution in [0.25, 0.3) is 0 Å². The highest BCUT2D eigenvalue weighted by Crippen LogP contribution is 2.12. The quantitative estimate of drug-likeness (QED) is 0.741. The first-order valence-electron chi connectivity index (χ1n) is 6.16. The van der Waals surface area contributed by atoms with Gasteiger partial charge in [-0.05, 0) is 23.8 Å². The molecule has 2 amide bonds. The first kappa shape index (κ1) is 15.2. The Bertz CT molecular complexity index is 646. The van der Waals surface area contributed by atoms with Crippen molar-refractivity contribution in [2.75, 3.05) is 0 Å². The van der Waals surface area contributed by atoms with E-state index in [9.17, 15) is 14.7 Å². The Morgan fingerprint density at radius 3 is 2.38 bits per heavy atom. The first-order valence-corrected chi connectivity index (χ1v) is 6.96. The molecule has 0 heterocycles. The van der Waals surface area contributed by atoms with Crippen LogP contribution in [0.4, 0.5) is 0 Å². The summed E-state index contributed by atoms with van der Waals surface area (Å²) in [5.74, 6) is -1.17. The number of carbonyl (C=O) groups excluding carboxylic acids is 2. The van der Waals surface area contributed by atoms with Crippen molar-refractivity contribution in [1.29, 1.82) is 0 Å².